The van der Waals surface area contributed by atoms with E-state index in [2.05, 4.69) is 11.7 Å². The molecule has 2 unspecified atom stereocenters. The second-order valence-electron chi connectivity index (χ2n) is 3.22. The first-order valence-corrected chi connectivity index (χ1v) is 3.74. The summed E-state index contributed by atoms with van der Waals surface area (Å²) in [7, 11) is 0. The Bertz CT molecular complexity index is 207. The maximum atomic E-state index is 8.59. The number of oxime groups is 1. The quantitative estimate of drug-likeness (QED) is 0.400. The monoisotopic (exact) mass is 137 g/mol. The third-order valence-corrected chi connectivity index (χ3v) is 2.75. The fourth-order valence-corrected chi connectivity index (χ4v) is 2.16. The van der Waals surface area contributed by atoms with E-state index in [0.717, 1.165) is 11.3 Å². The van der Waals surface area contributed by atoms with Crippen LogP contribution in [0.4, 0.5) is 0 Å². The van der Waals surface area contributed by atoms with Gasteiger partial charge in [-0.25, -0.2) is 0 Å². The van der Waals surface area contributed by atoms with E-state index in [0.29, 0.717) is 11.8 Å². The molecule has 2 aliphatic carbocycles. The van der Waals surface area contributed by atoms with Crippen LogP contribution in [0.2, 0.25) is 0 Å². The highest BCUT2D eigenvalue weighted by Gasteiger charge is 2.40. The Morgan fingerprint density at radius 1 is 1.40 bits per heavy atom. The van der Waals surface area contributed by atoms with Gasteiger partial charge >= 0.3 is 0 Å². The molecule has 0 spiro atoms. The Hall–Kier alpha value is -0.790. The third-order valence-electron chi connectivity index (χ3n) is 2.75. The lowest BCUT2D eigenvalue weighted by molar-refractivity contribution is 0.315. The molecule has 0 aromatic rings. The average Bonchev–Trinajstić information content (AvgIpc) is 2.46. The van der Waals surface area contributed by atoms with Crippen LogP contribution in [0.5, 0.6) is 0 Å². The van der Waals surface area contributed by atoms with Gasteiger partial charge in [-0.1, -0.05) is 11.7 Å². The van der Waals surface area contributed by atoms with Crippen LogP contribution in [0.3, 0.4) is 0 Å². The van der Waals surface area contributed by atoms with Crippen LogP contribution >= 0.6 is 0 Å². The zero-order chi connectivity index (χ0) is 7.14. The van der Waals surface area contributed by atoms with Gasteiger partial charge in [0.15, 0.2) is 0 Å². The van der Waals surface area contributed by atoms with Gasteiger partial charge in [0.25, 0.3) is 0 Å². The zero-order valence-corrected chi connectivity index (χ0v) is 5.88. The largest absolute Gasteiger partial charge is 0.411 e. The predicted molar refractivity (Wildman–Crippen MR) is 39.2 cm³/mol. The summed E-state index contributed by atoms with van der Waals surface area (Å²) in [4.78, 5) is 0. The highest BCUT2D eigenvalue weighted by Crippen LogP contribution is 2.45. The topological polar surface area (TPSA) is 32.6 Å². The second-order valence-corrected chi connectivity index (χ2v) is 3.22. The SMILES string of the molecule is C=C1/C(=N/O)C2CCC1C2. The van der Waals surface area contributed by atoms with Crippen molar-refractivity contribution in [3.8, 4) is 0 Å². The fourth-order valence-electron chi connectivity index (χ4n) is 2.16. The van der Waals surface area contributed by atoms with Crippen molar-refractivity contribution >= 4 is 5.71 Å². The van der Waals surface area contributed by atoms with Crippen molar-refractivity contribution in [2.75, 3.05) is 0 Å². The molecule has 2 aliphatic rings. The summed E-state index contributed by atoms with van der Waals surface area (Å²) < 4.78 is 0. The van der Waals surface area contributed by atoms with Crippen LogP contribution in [-0.2, 0) is 0 Å². The standard InChI is InChI=1S/C8H11NO/c1-5-6-2-3-7(4-6)8(5)9-10/h6-7,10H,1-4H2/b9-8-. The van der Waals surface area contributed by atoms with E-state index in [9.17, 15) is 0 Å². The van der Waals surface area contributed by atoms with E-state index in [1.807, 2.05) is 0 Å². The molecule has 0 aromatic carbocycles. The maximum absolute atomic E-state index is 8.59. The molecule has 0 aliphatic heterocycles. The van der Waals surface area contributed by atoms with E-state index in [1.165, 1.54) is 19.3 Å². The number of nitrogens with zero attached hydrogens (tertiary/aromatic N) is 1. The van der Waals surface area contributed by atoms with E-state index in [4.69, 9.17) is 5.21 Å². The first-order valence-electron chi connectivity index (χ1n) is 3.74. The Morgan fingerprint density at radius 2 is 2.10 bits per heavy atom. The zero-order valence-electron chi connectivity index (χ0n) is 5.88. The molecule has 2 nitrogen and oxygen atoms in total. The summed E-state index contributed by atoms with van der Waals surface area (Å²) in [5, 5.41) is 11.9. The smallest absolute Gasteiger partial charge is 0.0855 e. The minimum Gasteiger partial charge on any atom is -0.411 e. The van der Waals surface area contributed by atoms with Crippen LogP contribution < -0.4 is 0 Å². The van der Waals surface area contributed by atoms with Gasteiger partial charge in [-0.2, -0.15) is 0 Å². The lowest BCUT2D eigenvalue weighted by Crippen LogP contribution is -2.11. The van der Waals surface area contributed by atoms with Crippen molar-refractivity contribution in [1.82, 2.24) is 0 Å². The van der Waals surface area contributed by atoms with Crippen molar-refractivity contribution < 1.29 is 5.21 Å². The van der Waals surface area contributed by atoms with Gasteiger partial charge in [0, 0.05) is 5.92 Å². The van der Waals surface area contributed by atoms with Gasteiger partial charge in [-0.05, 0) is 30.8 Å². The highest BCUT2D eigenvalue weighted by atomic mass is 16.4. The predicted octanol–water partition coefficient (Wildman–Crippen LogP) is 1.80. The lowest BCUT2D eigenvalue weighted by Gasteiger charge is -2.12. The molecular weight excluding hydrogens is 126 g/mol. The second kappa shape index (κ2) is 1.84. The van der Waals surface area contributed by atoms with Gasteiger partial charge in [-0.3, -0.25) is 0 Å². The molecule has 0 aromatic heterocycles. The van der Waals surface area contributed by atoms with Gasteiger partial charge in [0.2, 0.25) is 0 Å². The molecule has 1 N–H and O–H groups in total. The first kappa shape index (κ1) is 5.96. The van der Waals surface area contributed by atoms with Gasteiger partial charge in [0.05, 0.1) is 5.71 Å². The van der Waals surface area contributed by atoms with Gasteiger partial charge in [0.1, 0.15) is 0 Å². The van der Waals surface area contributed by atoms with E-state index >= 15 is 0 Å². The summed E-state index contributed by atoms with van der Waals surface area (Å²) in [6.45, 7) is 3.90. The number of hydrogen-bond acceptors (Lipinski definition) is 2. The lowest BCUT2D eigenvalue weighted by atomic mass is 9.94. The molecule has 10 heavy (non-hydrogen) atoms. The van der Waals surface area contributed by atoms with E-state index in [-0.39, 0.29) is 0 Å². The normalized spacial score (nSPS) is 41.6. The molecule has 2 atom stereocenters. The van der Waals surface area contributed by atoms with Crippen LogP contribution in [-0.4, -0.2) is 10.9 Å². The Morgan fingerprint density at radius 3 is 2.50 bits per heavy atom. The molecule has 2 saturated carbocycles. The average molecular weight is 137 g/mol. The van der Waals surface area contributed by atoms with Crippen molar-refractivity contribution in [3.05, 3.63) is 12.2 Å². The molecule has 2 fully saturated rings. The molecule has 0 radical (unpaired) electrons. The van der Waals surface area contributed by atoms with Crippen molar-refractivity contribution in [2.24, 2.45) is 17.0 Å². The Balaban J connectivity index is 2.33. The van der Waals surface area contributed by atoms with Crippen LogP contribution in [0.15, 0.2) is 17.3 Å². The maximum Gasteiger partial charge on any atom is 0.0855 e. The van der Waals surface area contributed by atoms with E-state index in [1.54, 1.807) is 0 Å². The minimum absolute atomic E-state index is 0.530. The molecule has 2 rings (SSSR count). The molecule has 0 heterocycles. The summed E-state index contributed by atoms with van der Waals surface area (Å²) in [6, 6.07) is 0. The van der Waals surface area contributed by atoms with Crippen molar-refractivity contribution in [1.29, 1.82) is 0 Å². The van der Waals surface area contributed by atoms with Crippen molar-refractivity contribution in [2.45, 2.75) is 19.3 Å². The highest BCUT2D eigenvalue weighted by molar-refractivity contribution is 6.04. The number of allylic oxidation sites excluding steroid dienone is 1. The molecule has 2 heteroatoms. The molecular formula is C8H11NO. The summed E-state index contributed by atoms with van der Waals surface area (Å²) in [5.74, 6) is 1.17. The number of fused-ring (bicyclic) bond motifs is 2. The Labute approximate surface area is 60.2 Å². The molecule has 0 amide bonds. The molecule has 0 saturated heterocycles. The first-order chi connectivity index (χ1) is 4.83. The summed E-state index contributed by atoms with van der Waals surface area (Å²) >= 11 is 0. The number of hydrogen-bond donors (Lipinski definition) is 1. The van der Waals surface area contributed by atoms with Gasteiger partial charge < -0.3 is 5.21 Å². The fraction of sp³-hybridized carbons (Fsp3) is 0.625. The van der Waals surface area contributed by atoms with E-state index < -0.39 is 0 Å². The third kappa shape index (κ3) is 0.564. The van der Waals surface area contributed by atoms with Crippen molar-refractivity contribution in [3.63, 3.8) is 0 Å². The van der Waals surface area contributed by atoms with Crippen LogP contribution in [0.1, 0.15) is 19.3 Å². The van der Waals surface area contributed by atoms with Gasteiger partial charge in [-0.15, -0.1) is 0 Å². The Kier molecular flexibility index (Phi) is 1.10. The molecule has 54 valence electrons. The minimum atomic E-state index is 0.530. The molecule has 2 bridgehead atoms. The van der Waals surface area contributed by atoms with Crippen LogP contribution in [0, 0.1) is 11.8 Å². The summed E-state index contributed by atoms with van der Waals surface area (Å²) in [5.41, 5.74) is 1.95. The summed E-state index contributed by atoms with van der Waals surface area (Å²) in [6.07, 6.45) is 3.63. The number of rotatable bonds is 0. The van der Waals surface area contributed by atoms with Crippen LogP contribution in [0.25, 0.3) is 0 Å².